The molecule has 17 heavy (non-hydrogen) atoms. The Balaban J connectivity index is 0.000000514. The molecule has 88 valence electrons. The Morgan fingerprint density at radius 1 is 0.882 bits per heavy atom. The molecule has 0 amide bonds. The third kappa shape index (κ3) is 2.44. The SMILES string of the molecule is C1=Cc2sc3c(c2N=CC1)N=CCC=C3.CC. The van der Waals surface area contributed by atoms with Gasteiger partial charge in [0.25, 0.3) is 0 Å². The summed E-state index contributed by atoms with van der Waals surface area (Å²) in [6.07, 6.45) is 14.3. The highest BCUT2D eigenvalue weighted by molar-refractivity contribution is 7.15. The summed E-state index contributed by atoms with van der Waals surface area (Å²) < 4.78 is 0. The summed E-state index contributed by atoms with van der Waals surface area (Å²) in [4.78, 5) is 11.4. The molecule has 3 rings (SSSR count). The lowest BCUT2D eigenvalue weighted by Gasteiger charge is -1.93. The van der Waals surface area contributed by atoms with Crippen LogP contribution >= 0.6 is 11.3 Å². The molecule has 2 aliphatic rings. The zero-order valence-corrected chi connectivity index (χ0v) is 11.0. The molecule has 0 saturated heterocycles. The molecule has 1 aromatic heterocycles. The quantitative estimate of drug-likeness (QED) is 0.612. The van der Waals surface area contributed by atoms with E-state index in [2.05, 4.69) is 34.3 Å². The molecular formula is C14H16N2S. The molecule has 0 fully saturated rings. The summed E-state index contributed by atoms with van der Waals surface area (Å²) in [5.41, 5.74) is 2.07. The minimum absolute atomic E-state index is 0.912. The summed E-state index contributed by atoms with van der Waals surface area (Å²) in [7, 11) is 0. The van der Waals surface area contributed by atoms with Gasteiger partial charge in [0.1, 0.15) is 11.4 Å². The van der Waals surface area contributed by atoms with Crippen LogP contribution in [-0.2, 0) is 0 Å². The minimum Gasteiger partial charge on any atom is -0.257 e. The summed E-state index contributed by atoms with van der Waals surface area (Å²) in [5, 5.41) is 0. The molecule has 0 unspecified atom stereocenters. The highest BCUT2D eigenvalue weighted by atomic mass is 32.1. The van der Waals surface area contributed by atoms with Crippen LogP contribution in [0.25, 0.3) is 12.2 Å². The number of thiophene rings is 1. The fourth-order valence-corrected chi connectivity index (χ4v) is 2.74. The van der Waals surface area contributed by atoms with E-state index in [0.29, 0.717) is 0 Å². The van der Waals surface area contributed by atoms with Crippen molar-refractivity contribution in [2.45, 2.75) is 26.7 Å². The van der Waals surface area contributed by atoms with Crippen molar-refractivity contribution in [2.75, 3.05) is 0 Å². The van der Waals surface area contributed by atoms with Gasteiger partial charge < -0.3 is 0 Å². The van der Waals surface area contributed by atoms with Gasteiger partial charge in [0.15, 0.2) is 0 Å². The Morgan fingerprint density at radius 3 is 1.82 bits per heavy atom. The van der Waals surface area contributed by atoms with E-state index < -0.39 is 0 Å². The third-order valence-electron chi connectivity index (χ3n) is 2.37. The van der Waals surface area contributed by atoms with Crippen molar-refractivity contribution in [3.05, 3.63) is 21.9 Å². The maximum absolute atomic E-state index is 4.48. The van der Waals surface area contributed by atoms with E-state index in [1.807, 2.05) is 26.3 Å². The molecule has 0 N–H and O–H groups in total. The molecule has 0 atom stereocenters. The maximum Gasteiger partial charge on any atom is 0.107 e. The highest BCUT2D eigenvalue weighted by Crippen LogP contribution is 2.45. The van der Waals surface area contributed by atoms with Gasteiger partial charge in [0, 0.05) is 25.3 Å². The van der Waals surface area contributed by atoms with E-state index in [9.17, 15) is 0 Å². The molecule has 1 aromatic rings. The number of hydrogen-bond donors (Lipinski definition) is 0. The summed E-state index contributed by atoms with van der Waals surface area (Å²) in [5.74, 6) is 0. The first kappa shape index (κ1) is 12.0. The second kappa shape index (κ2) is 5.73. The van der Waals surface area contributed by atoms with Crippen LogP contribution < -0.4 is 0 Å². The van der Waals surface area contributed by atoms with Crippen molar-refractivity contribution in [1.29, 1.82) is 0 Å². The smallest absolute Gasteiger partial charge is 0.107 e. The van der Waals surface area contributed by atoms with Gasteiger partial charge in [0.05, 0.1) is 9.75 Å². The first-order valence-corrected chi connectivity index (χ1v) is 6.82. The van der Waals surface area contributed by atoms with Crippen LogP contribution in [0.1, 0.15) is 36.4 Å². The summed E-state index contributed by atoms with van der Waals surface area (Å²) in [6.45, 7) is 4.00. The fourth-order valence-electron chi connectivity index (χ4n) is 1.68. The molecule has 2 aliphatic heterocycles. The average molecular weight is 244 g/mol. The normalized spacial score (nSPS) is 15.4. The third-order valence-corrected chi connectivity index (χ3v) is 3.47. The van der Waals surface area contributed by atoms with Crippen molar-refractivity contribution in [3.63, 3.8) is 0 Å². The van der Waals surface area contributed by atoms with E-state index in [0.717, 1.165) is 24.2 Å². The minimum atomic E-state index is 0.912. The number of fused-ring (bicyclic) bond motifs is 3. The van der Waals surface area contributed by atoms with Gasteiger partial charge in [0.2, 0.25) is 0 Å². The van der Waals surface area contributed by atoms with Crippen molar-refractivity contribution in [2.24, 2.45) is 9.98 Å². The number of allylic oxidation sites excluding steroid dienone is 2. The molecular weight excluding hydrogens is 228 g/mol. The monoisotopic (exact) mass is 244 g/mol. The molecule has 0 radical (unpaired) electrons. The van der Waals surface area contributed by atoms with Crippen molar-refractivity contribution in [3.8, 4) is 0 Å². The van der Waals surface area contributed by atoms with Crippen molar-refractivity contribution >= 4 is 47.3 Å². The second-order valence-electron chi connectivity index (χ2n) is 3.43. The molecule has 0 aliphatic carbocycles. The van der Waals surface area contributed by atoms with Gasteiger partial charge in [-0.2, -0.15) is 0 Å². The zero-order valence-electron chi connectivity index (χ0n) is 10.2. The number of aliphatic imine (C=N–C) groups is 2. The largest absolute Gasteiger partial charge is 0.257 e. The molecule has 0 spiro atoms. The van der Waals surface area contributed by atoms with Gasteiger partial charge in [-0.3, -0.25) is 9.98 Å². The first-order valence-electron chi connectivity index (χ1n) is 6.00. The van der Waals surface area contributed by atoms with Gasteiger partial charge in [-0.05, 0) is 12.2 Å². The number of nitrogens with zero attached hydrogens (tertiary/aromatic N) is 2. The highest BCUT2D eigenvalue weighted by Gasteiger charge is 2.15. The van der Waals surface area contributed by atoms with Gasteiger partial charge in [-0.25, -0.2) is 0 Å². The van der Waals surface area contributed by atoms with Gasteiger partial charge in [-0.15, -0.1) is 11.3 Å². The lowest BCUT2D eigenvalue weighted by Crippen LogP contribution is -1.68. The van der Waals surface area contributed by atoms with Gasteiger partial charge >= 0.3 is 0 Å². The number of rotatable bonds is 0. The fraction of sp³-hybridized carbons (Fsp3) is 0.286. The summed E-state index contributed by atoms with van der Waals surface area (Å²) >= 11 is 1.76. The molecule has 3 heteroatoms. The Kier molecular flexibility index (Phi) is 4.04. The van der Waals surface area contributed by atoms with Crippen LogP contribution in [0.15, 0.2) is 22.1 Å². The Labute approximate surface area is 106 Å². The van der Waals surface area contributed by atoms with E-state index >= 15 is 0 Å². The van der Waals surface area contributed by atoms with E-state index in [-0.39, 0.29) is 0 Å². The summed E-state index contributed by atoms with van der Waals surface area (Å²) in [6, 6.07) is 0. The molecule has 0 saturated carbocycles. The Bertz CT molecular complexity index is 460. The van der Waals surface area contributed by atoms with E-state index in [4.69, 9.17) is 0 Å². The van der Waals surface area contributed by atoms with E-state index in [1.54, 1.807) is 11.3 Å². The zero-order chi connectivity index (χ0) is 12.1. The van der Waals surface area contributed by atoms with Crippen LogP contribution in [0.3, 0.4) is 0 Å². The van der Waals surface area contributed by atoms with Crippen LogP contribution in [0.4, 0.5) is 11.4 Å². The molecule has 3 heterocycles. The second-order valence-corrected chi connectivity index (χ2v) is 4.51. The Morgan fingerprint density at radius 2 is 1.35 bits per heavy atom. The predicted molar refractivity (Wildman–Crippen MR) is 79.3 cm³/mol. The predicted octanol–water partition coefficient (Wildman–Crippen LogP) is 5.01. The molecule has 2 nitrogen and oxygen atoms in total. The average Bonchev–Trinajstić information content (AvgIpc) is 2.61. The van der Waals surface area contributed by atoms with Crippen LogP contribution in [0.5, 0.6) is 0 Å². The maximum atomic E-state index is 4.48. The lowest BCUT2D eigenvalue weighted by atomic mass is 10.3. The standard InChI is InChI=1S/C12H10N2S.C2H6/c1-3-7-13-11-9(5-1)15-10-6-2-4-8-14-12(10)11;1-2/h1-2,5-8H,3-4H2;1-2H3. The first-order chi connectivity index (χ1) is 8.45. The van der Waals surface area contributed by atoms with E-state index in [1.165, 1.54) is 9.75 Å². The van der Waals surface area contributed by atoms with Crippen molar-refractivity contribution < 1.29 is 0 Å². The molecule has 0 bridgehead atoms. The molecule has 0 aromatic carbocycles. The number of hydrogen-bond acceptors (Lipinski definition) is 3. The van der Waals surface area contributed by atoms with Crippen LogP contribution in [0, 0.1) is 0 Å². The van der Waals surface area contributed by atoms with Crippen LogP contribution in [-0.4, -0.2) is 12.4 Å². The van der Waals surface area contributed by atoms with Crippen molar-refractivity contribution in [1.82, 2.24) is 0 Å². The van der Waals surface area contributed by atoms with Gasteiger partial charge in [-0.1, -0.05) is 26.0 Å². The Hall–Kier alpha value is -1.48. The van der Waals surface area contributed by atoms with Crippen LogP contribution in [0.2, 0.25) is 0 Å². The lowest BCUT2D eigenvalue weighted by molar-refractivity contribution is 1.46. The topological polar surface area (TPSA) is 24.7 Å².